The van der Waals surface area contributed by atoms with Crippen LogP contribution in [0.2, 0.25) is 0 Å². The summed E-state index contributed by atoms with van der Waals surface area (Å²) in [5, 5.41) is 13.2. The first-order chi connectivity index (χ1) is 21.6. The molecule has 2 aromatic heterocycles. The average Bonchev–Trinajstić information content (AvgIpc) is 3.61. The Balaban J connectivity index is 0.00000196. The Morgan fingerprint density at radius 1 is 0.956 bits per heavy atom. The van der Waals surface area contributed by atoms with Crippen LogP contribution in [0.3, 0.4) is 0 Å². The summed E-state index contributed by atoms with van der Waals surface area (Å²) in [7, 11) is 4.33. The second-order valence-electron chi connectivity index (χ2n) is 11.5. The number of aromatic nitrogens is 3. The molecule has 1 unspecified atom stereocenters. The number of nitrogens with one attached hydrogen (secondary N) is 2. The molecule has 0 spiro atoms. The van der Waals surface area contributed by atoms with Crippen LogP contribution in [0.1, 0.15) is 66.0 Å². The second kappa shape index (κ2) is 13.8. The highest BCUT2D eigenvalue weighted by Gasteiger charge is 2.52. The van der Waals surface area contributed by atoms with Gasteiger partial charge in [-0.2, -0.15) is 5.10 Å². The van der Waals surface area contributed by atoms with Gasteiger partial charge in [0.25, 0.3) is 0 Å². The zero-order valence-electron chi connectivity index (χ0n) is 27.0. The van der Waals surface area contributed by atoms with Gasteiger partial charge in [-0.25, -0.2) is 4.45 Å². The first kappa shape index (κ1) is 34.0. The van der Waals surface area contributed by atoms with E-state index in [9.17, 15) is 0 Å². The van der Waals surface area contributed by atoms with Crippen LogP contribution in [0.25, 0.3) is 11.0 Å². The van der Waals surface area contributed by atoms with Gasteiger partial charge in [-0.3, -0.25) is 0 Å². The number of ether oxygens (including phenoxy) is 3. The lowest BCUT2D eigenvalue weighted by Gasteiger charge is -2.32. The topological polar surface area (TPSA) is 114 Å². The van der Waals surface area contributed by atoms with Crippen LogP contribution in [0.15, 0.2) is 39.8 Å². The third-order valence-electron chi connectivity index (χ3n) is 8.13. The van der Waals surface area contributed by atoms with E-state index in [-0.39, 0.29) is 0 Å². The predicted octanol–water partition coefficient (Wildman–Crippen LogP) is 7.91. The van der Waals surface area contributed by atoms with Gasteiger partial charge in [0.05, 0.1) is 50.0 Å². The number of halogens is 1. The summed E-state index contributed by atoms with van der Waals surface area (Å²) in [5.41, 5.74) is 2.49. The number of rotatable bonds is 11. The molecule has 0 bridgehead atoms. The van der Waals surface area contributed by atoms with Gasteiger partial charge in [0.2, 0.25) is 0 Å². The molecule has 0 amide bonds. The largest absolute Gasteiger partial charge is 0.495 e. The molecular formula is C30H40BIN5O6PS. The molecule has 6 rings (SSSR count). The third-order valence-corrected chi connectivity index (χ3v) is 10.9. The smallest absolute Gasteiger partial charge is 0.495 e. The van der Waals surface area contributed by atoms with E-state index in [0.29, 0.717) is 40.9 Å². The summed E-state index contributed by atoms with van der Waals surface area (Å²) in [4.78, 5) is 0.740. The molecule has 4 aromatic rings. The van der Waals surface area contributed by atoms with E-state index in [1.54, 1.807) is 21.3 Å². The third kappa shape index (κ3) is 6.85. The molecule has 2 N–H and O–H groups in total. The molecular weight excluding hydrogens is 727 g/mol. The molecule has 1 atom stereocenters. The average molecular weight is 767 g/mol. The minimum atomic E-state index is -0.550. The fraction of sp³-hybridized carbons (Fsp3) is 0.467. The maximum absolute atomic E-state index is 6.25. The summed E-state index contributed by atoms with van der Waals surface area (Å²) < 4.78 is 40.9. The van der Waals surface area contributed by atoms with Crippen molar-refractivity contribution < 1.29 is 28.0 Å². The lowest BCUT2D eigenvalue weighted by molar-refractivity contribution is 0.00578. The highest BCUT2D eigenvalue weighted by atomic mass is 127. The maximum Gasteiger partial charge on any atom is 0.495 e. The van der Waals surface area contributed by atoms with E-state index in [0.717, 1.165) is 27.2 Å². The van der Waals surface area contributed by atoms with E-state index in [1.807, 2.05) is 65.8 Å². The van der Waals surface area contributed by atoms with E-state index in [4.69, 9.17) is 33.1 Å². The Labute approximate surface area is 283 Å². The fourth-order valence-electron chi connectivity index (χ4n) is 4.85. The summed E-state index contributed by atoms with van der Waals surface area (Å²) in [6.45, 7) is 12.1. The van der Waals surface area contributed by atoms with Crippen LogP contribution in [0.5, 0.6) is 17.2 Å². The molecule has 1 aliphatic carbocycles. The number of hydrogen-bond acceptors (Lipinski definition) is 11. The highest BCUT2D eigenvalue weighted by Crippen LogP contribution is 2.45. The van der Waals surface area contributed by atoms with Crippen LogP contribution in [0.4, 0.5) is 17.3 Å². The maximum atomic E-state index is 6.25. The normalized spacial score (nSPS) is 17.0. The molecule has 45 heavy (non-hydrogen) atoms. The molecule has 15 heteroatoms. The van der Waals surface area contributed by atoms with Gasteiger partial charge in [0.15, 0.2) is 17.2 Å². The minimum Gasteiger partial charge on any atom is -0.495 e. The molecule has 0 radical (unpaired) electrons. The minimum absolute atomic E-state index is 0.464. The van der Waals surface area contributed by atoms with Crippen molar-refractivity contribution in [3.05, 3.63) is 36.0 Å². The van der Waals surface area contributed by atoms with Crippen LogP contribution < -0.4 is 29.7 Å². The summed E-state index contributed by atoms with van der Waals surface area (Å²) in [6.07, 6.45) is 2.98. The van der Waals surface area contributed by atoms with Crippen LogP contribution >= 0.6 is 40.4 Å². The molecule has 11 nitrogen and oxygen atoms in total. The van der Waals surface area contributed by atoms with Crippen molar-refractivity contribution in [2.45, 2.75) is 76.4 Å². The highest BCUT2D eigenvalue weighted by molar-refractivity contribution is 14.2. The van der Waals surface area contributed by atoms with Crippen molar-refractivity contribution >= 4 is 81.2 Å². The Morgan fingerprint density at radius 2 is 1.58 bits per heavy atom. The molecule has 242 valence electrons. The van der Waals surface area contributed by atoms with Gasteiger partial charge in [0, 0.05) is 23.7 Å². The Kier molecular flexibility index (Phi) is 10.4. The van der Waals surface area contributed by atoms with E-state index >= 15 is 0 Å². The Bertz CT molecular complexity index is 1620. The lowest BCUT2D eigenvalue weighted by Crippen LogP contribution is -2.41. The van der Waals surface area contributed by atoms with E-state index in [2.05, 4.69) is 47.8 Å². The molecule has 1 aliphatic heterocycles. The van der Waals surface area contributed by atoms with Crippen molar-refractivity contribution in [2.24, 2.45) is 0 Å². The molecule has 2 aromatic carbocycles. The quantitative estimate of drug-likeness (QED) is 0.0672. The van der Waals surface area contributed by atoms with Gasteiger partial charge in [-0.15, -0.1) is 0 Å². The van der Waals surface area contributed by atoms with Gasteiger partial charge in [-0.1, -0.05) is 19.0 Å². The van der Waals surface area contributed by atoms with Crippen molar-refractivity contribution in [3.8, 4) is 17.2 Å². The van der Waals surface area contributed by atoms with Crippen molar-refractivity contribution in [1.29, 1.82) is 0 Å². The number of anilines is 3. The molecule has 2 fully saturated rings. The zero-order chi connectivity index (χ0) is 32.5. The number of methoxy groups -OCH3 is 3. The van der Waals surface area contributed by atoms with E-state index in [1.165, 1.54) is 30.5 Å². The Morgan fingerprint density at radius 3 is 2.13 bits per heavy atom. The first-order valence-corrected chi connectivity index (χ1v) is 19.7. The van der Waals surface area contributed by atoms with Gasteiger partial charge in [-0.05, 0) is 98.2 Å². The molecule has 1 saturated carbocycles. The van der Waals surface area contributed by atoms with Crippen LogP contribution in [0, 0.1) is 0 Å². The van der Waals surface area contributed by atoms with Gasteiger partial charge in [0.1, 0.15) is 22.1 Å². The monoisotopic (exact) mass is 767 g/mol. The molecule has 2 aliphatic rings. The number of hydrogen-bond donors (Lipinski definition) is 2. The van der Waals surface area contributed by atoms with Crippen molar-refractivity contribution in [2.75, 3.05) is 31.4 Å². The number of benzene rings is 2. The lowest BCUT2D eigenvalue weighted by atomic mass is 9.79. The number of nitrogens with zero attached hydrogens (tertiary/aromatic N) is 3. The molecule has 3 heterocycles. The van der Waals surface area contributed by atoms with E-state index < -0.39 is 18.3 Å². The summed E-state index contributed by atoms with van der Waals surface area (Å²) >= 11 is 3.67. The summed E-state index contributed by atoms with van der Waals surface area (Å²) in [5.74, 6) is 3.78. The van der Waals surface area contributed by atoms with Gasteiger partial charge >= 0.3 is 7.12 Å². The second-order valence-corrected chi connectivity index (χ2v) is 14.3. The van der Waals surface area contributed by atoms with Gasteiger partial charge < -0.3 is 38.1 Å². The zero-order valence-corrected chi connectivity index (χ0v) is 31.0. The number of fused-ring (bicyclic) bond motifs is 1. The van der Waals surface area contributed by atoms with Crippen LogP contribution in [-0.2, 0) is 9.31 Å². The SMILES string of the molecule is CC.COc1cc2c(NSc3c(OC)cc(B4OC(C)(C)C(C)(C)O4)cc3OC)noc2cc1Nc1cc(C2CC2)n(PI)n1. The van der Waals surface area contributed by atoms with Crippen molar-refractivity contribution in [1.82, 2.24) is 14.7 Å². The predicted molar refractivity (Wildman–Crippen MR) is 192 cm³/mol. The fourth-order valence-corrected chi connectivity index (χ4v) is 7.33. The van der Waals surface area contributed by atoms with Crippen molar-refractivity contribution in [3.63, 3.8) is 0 Å². The summed E-state index contributed by atoms with van der Waals surface area (Å²) in [6, 6.07) is 9.71. The Hall–Kier alpha value is -2.39. The van der Waals surface area contributed by atoms with Crippen LogP contribution in [-0.4, -0.2) is 54.4 Å². The standard InChI is InChI=1S/C28H34BIN5O6PS.C2H6/c1-27(2)28(3,4)41-29(40-27)16-10-22(37-6)25(23(11-16)38-7)43-34-26-17-12-21(36-5)18(13-20(17)39-33-26)31-24-14-19(15-8-9-15)35(32-24)42-30;1-2/h10-15,42H,8-9H2,1-7H3,(H,31,32)(H,33,34);1-2H3. The first-order valence-electron chi connectivity index (χ1n) is 14.8. The molecule has 1 saturated heterocycles.